The molecule has 4 heteroatoms. The first-order valence-corrected chi connectivity index (χ1v) is 7.35. The van der Waals surface area contributed by atoms with Gasteiger partial charge in [0.15, 0.2) is 0 Å². The number of carbonyl (C=O) groups is 1. The lowest BCUT2D eigenvalue weighted by Crippen LogP contribution is -2.36. The zero-order valence-corrected chi connectivity index (χ0v) is 13.6. The van der Waals surface area contributed by atoms with Gasteiger partial charge in [-0.2, -0.15) is 0 Å². The minimum Gasteiger partial charge on any atom is -0.399 e. The fraction of sp³-hybridized carbons (Fsp3) is 0.278. The molecule has 0 saturated carbocycles. The summed E-state index contributed by atoms with van der Waals surface area (Å²) in [4.78, 5) is 12.1. The van der Waals surface area contributed by atoms with Crippen LogP contribution >= 0.6 is 12.4 Å². The number of amides is 1. The van der Waals surface area contributed by atoms with E-state index in [1.54, 1.807) is 0 Å². The first-order chi connectivity index (χ1) is 10.2. The van der Waals surface area contributed by atoms with Crippen molar-refractivity contribution < 1.29 is 4.79 Å². The molecule has 0 spiro atoms. The monoisotopic (exact) mass is 318 g/mol. The van der Waals surface area contributed by atoms with Crippen LogP contribution in [0.2, 0.25) is 0 Å². The fourth-order valence-electron chi connectivity index (χ4n) is 2.30. The Hall–Kier alpha value is -2.00. The van der Waals surface area contributed by atoms with Crippen molar-refractivity contribution in [1.82, 2.24) is 5.32 Å². The normalized spacial score (nSPS) is 11.3. The van der Waals surface area contributed by atoms with E-state index >= 15 is 0 Å². The van der Waals surface area contributed by atoms with E-state index in [2.05, 4.69) is 24.4 Å². The van der Waals surface area contributed by atoms with E-state index < -0.39 is 0 Å². The van der Waals surface area contributed by atoms with Crippen LogP contribution in [0.5, 0.6) is 0 Å². The molecule has 1 unspecified atom stereocenters. The lowest BCUT2D eigenvalue weighted by Gasteiger charge is -2.17. The summed E-state index contributed by atoms with van der Waals surface area (Å²) in [6.45, 7) is 2.09. The summed E-state index contributed by atoms with van der Waals surface area (Å²) in [7, 11) is 0. The van der Waals surface area contributed by atoms with Gasteiger partial charge in [0.1, 0.15) is 0 Å². The Labute approximate surface area is 138 Å². The molecular weight excluding hydrogens is 296 g/mol. The number of benzene rings is 2. The predicted molar refractivity (Wildman–Crippen MR) is 94.2 cm³/mol. The van der Waals surface area contributed by atoms with Crippen LogP contribution in [0.25, 0.3) is 0 Å². The van der Waals surface area contributed by atoms with E-state index in [1.165, 1.54) is 5.56 Å². The van der Waals surface area contributed by atoms with Gasteiger partial charge in [-0.15, -0.1) is 12.4 Å². The second-order valence-electron chi connectivity index (χ2n) is 5.28. The standard InChI is InChI=1S/C18H22N2O.ClH/c1-2-17(12-14-6-4-3-5-7-14)20-18(21)13-15-8-10-16(19)11-9-15;/h3-11,17H,2,12-13,19H2,1H3,(H,20,21);1H. The summed E-state index contributed by atoms with van der Waals surface area (Å²) in [5.41, 5.74) is 8.59. The molecule has 2 aromatic rings. The minimum atomic E-state index is 0. The predicted octanol–water partition coefficient (Wildman–Crippen LogP) is 3.37. The Morgan fingerprint density at radius 2 is 1.68 bits per heavy atom. The Morgan fingerprint density at radius 3 is 2.27 bits per heavy atom. The zero-order chi connectivity index (χ0) is 15.1. The van der Waals surface area contributed by atoms with Crippen LogP contribution in [0.15, 0.2) is 54.6 Å². The van der Waals surface area contributed by atoms with E-state index in [0.29, 0.717) is 6.42 Å². The molecule has 3 nitrogen and oxygen atoms in total. The highest BCUT2D eigenvalue weighted by Crippen LogP contribution is 2.08. The van der Waals surface area contributed by atoms with Crippen molar-refractivity contribution in [1.29, 1.82) is 0 Å². The molecule has 0 radical (unpaired) electrons. The number of nitrogens with two attached hydrogens (primary N) is 1. The number of nitrogen functional groups attached to an aromatic ring is 1. The van der Waals surface area contributed by atoms with Crippen molar-refractivity contribution in [2.45, 2.75) is 32.2 Å². The van der Waals surface area contributed by atoms with Crippen molar-refractivity contribution in [2.75, 3.05) is 5.73 Å². The number of rotatable bonds is 6. The summed E-state index contributed by atoms with van der Waals surface area (Å²) in [5.74, 6) is 0.0579. The highest BCUT2D eigenvalue weighted by Gasteiger charge is 2.11. The molecule has 2 rings (SSSR count). The van der Waals surface area contributed by atoms with Gasteiger partial charge in [-0.1, -0.05) is 49.4 Å². The molecule has 0 aromatic heterocycles. The van der Waals surface area contributed by atoms with Crippen LogP contribution in [0.1, 0.15) is 24.5 Å². The lowest BCUT2D eigenvalue weighted by molar-refractivity contribution is -0.121. The third kappa shape index (κ3) is 5.78. The number of hydrogen-bond acceptors (Lipinski definition) is 2. The van der Waals surface area contributed by atoms with Crippen molar-refractivity contribution in [3.63, 3.8) is 0 Å². The van der Waals surface area contributed by atoms with Crippen LogP contribution < -0.4 is 11.1 Å². The van der Waals surface area contributed by atoms with Gasteiger partial charge in [0, 0.05) is 11.7 Å². The highest BCUT2D eigenvalue weighted by molar-refractivity contribution is 5.85. The summed E-state index contributed by atoms with van der Waals surface area (Å²) in [6.07, 6.45) is 2.18. The maximum absolute atomic E-state index is 12.1. The van der Waals surface area contributed by atoms with Gasteiger partial charge in [0.05, 0.1) is 6.42 Å². The molecule has 0 aliphatic carbocycles. The quantitative estimate of drug-likeness (QED) is 0.802. The van der Waals surface area contributed by atoms with E-state index in [0.717, 1.165) is 24.1 Å². The third-order valence-electron chi connectivity index (χ3n) is 3.53. The van der Waals surface area contributed by atoms with E-state index in [1.807, 2.05) is 42.5 Å². The van der Waals surface area contributed by atoms with Gasteiger partial charge in [0.2, 0.25) is 5.91 Å². The first kappa shape index (κ1) is 18.1. The molecule has 0 aliphatic rings. The Kier molecular flexibility index (Phi) is 7.47. The van der Waals surface area contributed by atoms with Crippen LogP contribution in [-0.2, 0) is 17.6 Å². The van der Waals surface area contributed by atoms with E-state index in [4.69, 9.17) is 5.73 Å². The van der Waals surface area contributed by atoms with Gasteiger partial charge in [-0.25, -0.2) is 0 Å². The molecule has 1 atom stereocenters. The molecule has 3 N–H and O–H groups in total. The average Bonchev–Trinajstić information content (AvgIpc) is 2.50. The number of hydrogen-bond donors (Lipinski definition) is 2. The van der Waals surface area contributed by atoms with Crippen LogP contribution in [0.4, 0.5) is 5.69 Å². The lowest BCUT2D eigenvalue weighted by atomic mass is 10.0. The average molecular weight is 319 g/mol. The maximum atomic E-state index is 12.1. The molecule has 0 bridgehead atoms. The smallest absolute Gasteiger partial charge is 0.224 e. The molecule has 2 aromatic carbocycles. The SMILES string of the molecule is CCC(Cc1ccccc1)NC(=O)Cc1ccc(N)cc1.Cl. The summed E-state index contributed by atoms with van der Waals surface area (Å²) in [6, 6.07) is 17.9. The molecule has 0 fully saturated rings. The van der Waals surface area contributed by atoms with Crippen molar-refractivity contribution in [3.05, 3.63) is 65.7 Å². The molecule has 22 heavy (non-hydrogen) atoms. The fourth-order valence-corrected chi connectivity index (χ4v) is 2.30. The number of halogens is 1. The van der Waals surface area contributed by atoms with Crippen molar-refractivity contribution in [3.8, 4) is 0 Å². The molecule has 1 amide bonds. The molecule has 0 saturated heterocycles. The van der Waals surface area contributed by atoms with Crippen LogP contribution in [0.3, 0.4) is 0 Å². The van der Waals surface area contributed by atoms with Gasteiger partial charge in [-0.3, -0.25) is 4.79 Å². The van der Waals surface area contributed by atoms with Crippen LogP contribution in [-0.4, -0.2) is 11.9 Å². The molecule has 118 valence electrons. The van der Waals surface area contributed by atoms with Crippen molar-refractivity contribution >= 4 is 24.0 Å². The number of carbonyl (C=O) groups excluding carboxylic acids is 1. The van der Waals surface area contributed by atoms with Crippen LogP contribution in [0, 0.1) is 0 Å². The van der Waals surface area contributed by atoms with Gasteiger partial charge < -0.3 is 11.1 Å². The first-order valence-electron chi connectivity index (χ1n) is 7.35. The van der Waals surface area contributed by atoms with E-state index in [9.17, 15) is 4.79 Å². The maximum Gasteiger partial charge on any atom is 0.224 e. The molecule has 0 aliphatic heterocycles. The summed E-state index contributed by atoms with van der Waals surface area (Å²) < 4.78 is 0. The number of anilines is 1. The second kappa shape index (κ2) is 9.11. The summed E-state index contributed by atoms with van der Waals surface area (Å²) in [5, 5.41) is 3.11. The van der Waals surface area contributed by atoms with Gasteiger partial charge >= 0.3 is 0 Å². The summed E-state index contributed by atoms with van der Waals surface area (Å²) >= 11 is 0. The second-order valence-corrected chi connectivity index (χ2v) is 5.28. The topological polar surface area (TPSA) is 55.1 Å². The minimum absolute atomic E-state index is 0. The number of nitrogens with one attached hydrogen (secondary N) is 1. The van der Waals surface area contributed by atoms with E-state index in [-0.39, 0.29) is 24.4 Å². The Balaban J connectivity index is 0.00000242. The highest BCUT2D eigenvalue weighted by atomic mass is 35.5. The molecular formula is C18H23ClN2O. The Morgan fingerprint density at radius 1 is 1.05 bits per heavy atom. The largest absolute Gasteiger partial charge is 0.399 e. The molecule has 0 heterocycles. The van der Waals surface area contributed by atoms with Gasteiger partial charge in [0.25, 0.3) is 0 Å². The van der Waals surface area contributed by atoms with Gasteiger partial charge in [-0.05, 0) is 36.1 Å². The zero-order valence-electron chi connectivity index (χ0n) is 12.8. The Bertz CT molecular complexity index is 569. The van der Waals surface area contributed by atoms with Crippen molar-refractivity contribution in [2.24, 2.45) is 0 Å². The third-order valence-corrected chi connectivity index (χ3v) is 3.53.